The van der Waals surface area contributed by atoms with E-state index in [0.29, 0.717) is 0 Å². The van der Waals surface area contributed by atoms with Crippen molar-refractivity contribution in [3.63, 3.8) is 0 Å². The molecule has 2 atom stereocenters. The summed E-state index contributed by atoms with van der Waals surface area (Å²) in [6.07, 6.45) is 40.4. The number of hydrogen-bond acceptors (Lipinski definition) is 3. The summed E-state index contributed by atoms with van der Waals surface area (Å²) in [5.41, 5.74) is -0.377. The predicted molar refractivity (Wildman–Crippen MR) is 230 cm³/mol. The number of unbranched alkanes of at least 4 members (excludes halogenated alkanes) is 28. The van der Waals surface area contributed by atoms with Crippen molar-refractivity contribution in [2.75, 3.05) is 7.11 Å². The molecule has 0 aliphatic carbocycles. The van der Waals surface area contributed by atoms with Gasteiger partial charge in [-0.2, -0.15) is 0 Å². The molecule has 2 aromatic carbocycles. The van der Waals surface area contributed by atoms with Crippen LogP contribution in [0.2, 0.25) is 0 Å². The second-order valence-electron chi connectivity index (χ2n) is 16.1. The van der Waals surface area contributed by atoms with Crippen molar-refractivity contribution in [2.24, 2.45) is 0 Å². The van der Waals surface area contributed by atoms with Crippen molar-refractivity contribution in [2.45, 2.75) is 232 Å². The van der Waals surface area contributed by atoms with Gasteiger partial charge in [0, 0.05) is 13.5 Å². The Morgan fingerprint density at radius 1 is 0.566 bits per heavy atom. The lowest BCUT2D eigenvalue weighted by Gasteiger charge is -2.28. The molecule has 0 N–H and O–H groups in total. The van der Waals surface area contributed by atoms with Gasteiger partial charge in [0.25, 0.3) is 0 Å². The lowest BCUT2D eigenvalue weighted by atomic mass is 9.93. The Kier molecular flexibility index (Phi) is 28.3. The number of benzene rings is 2. The van der Waals surface area contributed by atoms with E-state index in [1.54, 1.807) is 7.11 Å². The zero-order valence-corrected chi connectivity index (χ0v) is 35.3. The third-order valence-electron chi connectivity index (χ3n) is 11.3. The monoisotopic (exact) mass is 731 g/mol. The summed E-state index contributed by atoms with van der Waals surface area (Å²) in [6.45, 7) is 6.40. The van der Waals surface area contributed by atoms with Crippen molar-refractivity contribution >= 4 is 16.7 Å². The van der Waals surface area contributed by atoms with Crippen LogP contribution in [0.1, 0.15) is 225 Å². The highest BCUT2D eigenvalue weighted by Crippen LogP contribution is 2.30. The number of hydrogen-bond donors (Lipinski definition) is 0. The molecule has 3 heteroatoms. The molecule has 0 spiro atoms. The highest BCUT2D eigenvalue weighted by molar-refractivity contribution is 5.87. The Labute approximate surface area is 328 Å². The molecule has 53 heavy (non-hydrogen) atoms. The molecule has 0 aromatic heterocycles. The van der Waals surface area contributed by atoms with Gasteiger partial charge in [-0.25, -0.2) is 4.79 Å². The fourth-order valence-corrected chi connectivity index (χ4v) is 7.50. The molecular formula is C50H82O3. The molecule has 0 amide bonds. The van der Waals surface area contributed by atoms with Gasteiger partial charge in [0.1, 0.15) is 0 Å². The first kappa shape index (κ1) is 46.8. The van der Waals surface area contributed by atoms with Gasteiger partial charge in [-0.15, -0.1) is 0 Å². The van der Waals surface area contributed by atoms with Crippen molar-refractivity contribution < 1.29 is 14.3 Å². The van der Waals surface area contributed by atoms with Gasteiger partial charge in [-0.3, -0.25) is 0 Å². The zero-order chi connectivity index (χ0) is 38.1. The van der Waals surface area contributed by atoms with Gasteiger partial charge in [0.05, 0.1) is 0 Å². The Balaban J connectivity index is 1.73. The Morgan fingerprint density at radius 3 is 1.43 bits per heavy atom. The lowest BCUT2D eigenvalue weighted by molar-refractivity contribution is -0.171. The number of esters is 1. The lowest BCUT2D eigenvalue weighted by Crippen LogP contribution is -2.38. The van der Waals surface area contributed by atoms with Crippen LogP contribution in [-0.4, -0.2) is 19.2 Å². The predicted octanol–water partition coefficient (Wildman–Crippen LogP) is 15.7. The van der Waals surface area contributed by atoms with Crippen molar-refractivity contribution in [3.8, 4) is 11.8 Å². The zero-order valence-electron chi connectivity index (χ0n) is 35.3. The van der Waals surface area contributed by atoms with E-state index in [0.717, 1.165) is 42.0 Å². The van der Waals surface area contributed by atoms with Crippen molar-refractivity contribution in [3.05, 3.63) is 48.0 Å². The second-order valence-corrected chi connectivity index (χ2v) is 16.1. The molecule has 2 rings (SSSR count). The SMILES string of the molecule is CCCCCCCCCCCCCCC#C[C@@H](CCCCCCCCCCCCCCCCCCC)OC(=O)[C@@](C)(OC)c1ccc2ccccc2c1. The van der Waals surface area contributed by atoms with Crippen LogP contribution in [0.4, 0.5) is 0 Å². The summed E-state index contributed by atoms with van der Waals surface area (Å²) in [5.74, 6) is 6.42. The average Bonchev–Trinajstić information content (AvgIpc) is 3.18. The van der Waals surface area contributed by atoms with Crippen LogP contribution in [0.5, 0.6) is 0 Å². The second kappa shape index (κ2) is 32.0. The number of methoxy groups -OCH3 is 1. The summed E-state index contributed by atoms with van der Waals surface area (Å²) >= 11 is 0. The normalized spacial score (nSPS) is 13.1. The molecule has 3 nitrogen and oxygen atoms in total. The molecule has 300 valence electrons. The molecule has 2 aromatic rings. The minimum absolute atomic E-state index is 0.355. The highest BCUT2D eigenvalue weighted by atomic mass is 16.6. The maximum absolute atomic E-state index is 13.8. The molecule has 0 saturated heterocycles. The van der Waals surface area contributed by atoms with Gasteiger partial charge < -0.3 is 9.47 Å². The molecule has 0 aliphatic rings. The molecule has 0 fully saturated rings. The summed E-state index contributed by atoms with van der Waals surface area (Å²) < 4.78 is 12.1. The van der Waals surface area contributed by atoms with Crippen LogP contribution < -0.4 is 0 Å². The first-order valence-corrected chi connectivity index (χ1v) is 22.8. The van der Waals surface area contributed by atoms with E-state index in [2.05, 4.69) is 43.9 Å². The van der Waals surface area contributed by atoms with E-state index < -0.39 is 11.7 Å². The number of carbonyl (C=O) groups is 1. The van der Waals surface area contributed by atoms with Crippen LogP contribution in [0.25, 0.3) is 10.8 Å². The van der Waals surface area contributed by atoms with Gasteiger partial charge in [-0.05, 0) is 48.6 Å². The number of rotatable bonds is 34. The summed E-state index contributed by atoms with van der Waals surface area (Å²) in [5, 5.41) is 2.23. The summed E-state index contributed by atoms with van der Waals surface area (Å²) in [6, 6.07) is 14.3. The standard InChI is InChI=1S/C50H82O3/c1-5-7-9-11-13-15-17-19-21-22-23-25-27-29-31-33-35-41-48(40-34-32-30-28-26-24-20-18-16-14-12-10-8-6-2)53-49(51)50(3,52-4)47-43-42-45-38-36-37-39-46(45)44-47/h36-39,42-44,48H,5-33,35,41H2,1-4H3/t48-,50-/m0/s1. The van der Waals surface area contributed by atoms with E-state index in [4.69, 9.17) is 9.47 Å². The van der Waals surface area contributed by atoms with Crippen LogP contribution in [-0.2, 0) is 19.9 Å². The van der Waals surface area contributed by atoms with Crippen LogP contribution in [0.15, 0.2) is 42.5 Å². The van der Waals surface area contributed by atoms with Crippen molar-refractivity contribution in [1.82, 2.24) is 0 Å². The quantitative estimate of drug-likeness (QED) is 0.0409. The Morgan fingerprint density at radius 2 is 0.981 bits per heavy atom. The number of fused-ring (bicyclic) bond motifs is 1. The first-order valence-electron chi connectivity index (χ1n) is 22.8. The summed E-state index contributed by atoms with van der Waals surface area (Å²) in [7, 11) is 1.60. The van der Waals surface area contributed by atoms with Crippen molar-refractivity contribution in [1.29, 1.82) is 0 Å². The van der Waals surface area contributed by atoms with Crippen LogP contribution in [0, 0.1) is 11.8 Å². The molecular weight excluding hydrogens is 649 g/mol. The fourth-order valence-electron chi connectivity index (χ4n) is 7.50. The van der Waals surface area contributed by atoms with E-state index in [1.165, 1.54) is 173 Å². The third kappa shape index (κ3) is 22.0. The van der Waals surface area contributed by atoms with Gasteiger partial charge >= 0.3 is 5.97 Å². The maximum Gasteiger partial charge on any atom is 0.344 e. The topological polar surface area (TPSA) is 35.5 Å². The van der Waals surface area contributed by atoms with Gasteiger partial charge in [0.15, 0.2) is 11.7 Å². The van der Waals surface area contributed by atoms with E-state index in [9.17, 15) is 4.79 Å². The molecule has 0 heterocycles. The van der Waals surface area contributed by atoms with E-state index in [1.807, 2.05) is 31.2 Å². The maximum atomic E-state index is 13.8. The largest absolute Gasteiger partial charge is 0.447 e. The molecule has 0 radical (unpaired) electrons. The molecule has 0 bridgehead atoms. The minimum Gasteiger partial charge on any atom is -0.447 e. The minimum atomic E-state index is -1.19. The number of carbonyl (C=O) groups excluding carboxylic acids is 1. The smallest absolute Gasteiger partial charge is 0.344 e. The fraction of sp³-hybridized carbons (Fsp3) is 0.740. The van der Waals surface area contributed by atoms with Gasteiger partial charge in [-0.1, -0.05) is 235 Å². The van der Waals surface area contributed by atoms with Gasteiger partial charge in [0.2, 0.25) is 0 Å². The Bertz CT molecular complexity index is 1220. The summed E-state index contributed by atoms with van der Waals surface area (Å²) in [4.78, 5) is 13.8. The average molecular weight is 731 g/mol. The van der Waals surface area contributed by atoms with Crippen LogP contribution in [0.3, 0.4) is 0 Å². The van der Waals surface area contributed by atoms with E-state index in [-0.39, 0.29) is 5.97 Å². The Hall–Kier alpha value is -2.31. The highest BCUT2D eigenvalue weighted by Gasteiger charge is 2.38. The molecule has 0 saturated carbocycles. The first-order chi connectivity index (χ1) is 26.0. The molecule has 0 unspecified atom stereocenters. The van der Waals surface area contributed by atoms with Crippen LogP contribution >= 0.6 is 0 Å². The molecule has 0 aliphatic heterocycles. The van der Waals surface area contributed by atoms with E-state index >= 15 is 0 Å². The third-order valence-corrected chi connectivity index (χ3v) is 11.3. The number of ether oxygens (including phenoxy) is 2.